The van der Waals surface area contributed by atoms with Crippen LogP contribution in [0.5, 0.6) is 0 Å². The van der Waals surface area contributed by atoms with Gasteiger partial charge in [-0.3, -0.25) is 4.79 Å². The second-order valence-corrected chi connectivity index (χ2v) is 6.38. The first-order chi connectivity index (χ1) is 9.97. The zero-order chi connectivity index (χ0) is 16.1. The monoisotopic (exact) mass is 325 g/mol. The Morgan fingerprint density at radius 2 is 1.57 bits per heavy atom. The van der Waals surface area contributed by atoms with Crippen LogP contribution in [-0.2, 0) is 29.0 Å². The van der Waals surface area contributed by atoms with E-state index in [2.05, 4.69) is 4.74 Å². The van der Waals surface area contributed by atoms with Crippen LogP contribution >= 0.6 is 0 Å². The summed E-state index contributed by atoms with van der Waals surface area (Å²) in [5, 5.41) is 0. The zero-order valence-corrected chi connectivity index (χ0v) is 14.0. The molecule has 0 atom stereocenters. The van der Waals surface area contributed by atoms with E-state index in [1.165, 1.54) is 11.4 Å². The van der Waals surface area contributed by atoms with E-state index in [1.54, 1.807) is 0 Å². The van der Waals surface area contributed by atoms with Gasteiger partial charge in [-0.1, -0.05) is 0 Å². The number of hydrogen-bond acceptors (Lipinski definition) is 6. The fourth-order valence-corrected chi connectivity index (χ4v) is 3.11. The third-order valence-electron chi connectivity index (χ3n) is 2.78. The molecule has 0 heterocycles. The normalized spacial score (nSPS) is 11.8. The standard InChI is InChI=1S/C13H27NO6S/c1-4-19-10-8-14(9-11-20-5-2)21(16,17)12-6-7-13(15)18-3/h4-12H2,1-3H3. The van der Waals surface area contributed by atoms with E-state index >= 15 is 0 Å². The van der Waals surface area contributed by atoms with Crippen LogP contribution in [0.3, 0.4) is 0 Å². The lowest BCUT2D eigenvalue weighted by Crippen LogP contribution is -2.38. The van der Waals surface area contributed by atoms with E-state index in [0.29, 0.717) is 39.5 Å². The van der Waals surface area contributed by atoms with Gasteiger partial charge in [-0.05, 0) is 20.3 Å². The Balaban J connectivity index is 4.41. The third kappa shape index (κ3) is 9.78. The molecule has 0 saturated carbocycles. The largest absolute Gasteiger partial charge is 0.469 e. The van der Waals surface area contributed by atoms with Crippen molar-refractivity contribution in [3.8, 4) is 0 Å². The molecule has 0 aromatic rings. The molecule has 0 saturated heterocycles. The maximum Gasteiger partial charge on any atom is 0.305 e. The molecule has 0 spiro atoms. The Bertz CT molecular complexity index is 361. The van der Waals surface area contributed by atoms with Crippen molar-refractivity contribution < 1.29 is 27.4 Å². The number of rotatable bonds is 13. The van der Waals surface area contributed by atoms with Crippen molar-refractivity contribution in [3.63, 3.8) is 0 Å². The van der Waals surface area contributed by atoms with Gasteiger partial charge in [-0.2, -0.15) is 4.31 Å². The van der Waals surface area contributed by atoms with Gasteiger partial charge in [0.1, 0.15) is 0 Å². The van der Waals surface area contributed by atoms with E-state index in [4.69, 9.17) is 9.47 Å². The van der Waals surface area contributed by atoms with Crippen molar-refractivity contribution in [2.45, 2.75) is 26.7 Å². The van der Waals surface area contributed by atoms with Gasteiger partial charge in [-0.15, -0.1) is 0 Å². The quantitative estimate of drug-likeness (QED) is 0.365. The van der Waals surface area contributed by atoms with Gasteiger partial charge in [-0.25, -0.2) is 8.42 Å². The lowest BCUT2D eigenvalue weighted by Gasteiger charge is -2.21. The topological polar surface area (TPSA) is 82.1 Å². The van der Waals surface area contributed by atoms with Gasteiger partial charge >= 0.3 is 5.97 Å². The van der Waals surface area contributed by atoms with Crippen LogP contribution in [0, 0.1) is 0 Å². The number of ether oxygens (including phenoxy) is 3. The van der Waals surface area contributed by atoms with Crippen molar-refractivity contribution in [2.24, 2.45) is 0 Å². The van der Waals surface area contributed by atoms with Crippen LogP contribution in [0.25, 0.3) is 0 Å². The Morgan fingerprint density at radius 1 is 1.05 bits per heavy atom. The second-order valence-electron chi connectivity index (χ2n) is 4.29. The first-order valence-corrected chi connectivity index (χ1v) is 8.79. The van der Waals surface area contributed by atoms with Crippen molar-refractivity contribution in [2.75, 3.05) is 52.4 Å². The highest BCUT2D eigenvalue weighted by atomic mass is 32.2. The minimum Gasteiger partial charge on any atom is -0.469 e. The molecule has 8 heteroatoms. The summed E-state index contributed by atoms with van der Waals surface area (Å²) in [6, 6.07) is 0. The van der Waals surface area contributed by atoms with Gasteiger partial charge in [0.05, 0.1) is 26.1 Å². The molecule has 0 aromatic carbocycles. The number of nitrogens with zero attached hydrogens (tertiary/aromatic N) is 1. The first-order valence-electron chi connectivity index (χ1n) is 7.18. The van der Waals surface area contributed by atoms with Crippen LogP contribution in [0.15, 0.2) is 0 Å². The molecular formula is C13H27NO6S. The molecule has 0 radical (unpaired) electrons. The molecule has 21 heavy (non-hydrogen) atoms. The zero-order valence-electron chi connectivity index (χ0n) is 13.2. The van der Waals surface area contributed by atoms with Crippen LogP contribution in [-0.4, -0.2) is 71.1 Å². The van der Waals surface area contributed by atoms with Crippen molar-refractivity contribution in [3.05, 3.63) is 0 Å². The molecule has 0 rings (SSSR count). The van der Waals surface area contributed by atoms with Gasteiger partial charge < -0.3 is 14.2 Å². The number of sulfonamides is 1. The molecule has 126 valence electrons. The Kier molecular flexibility index (Phi) is 11.5. The lowest BCUT2D eigenvalue weighted by molar-refractivity contribution is -0.140. The number of carbonyl (C=O) groups excluding carboxylic acids is 1. The minimum absolute atomic E-state index is 0.0830. The average molecular weight is 325 g/mol. The first kappa shape index (κ1) is 20.3. The highest BCUT2D eigenvalue weighted by molar-refractivity contribution is 7.89. The molecular weight excluding hydrogens is 298 g/mol. The van der Waals surface area contributed by atoms with Gasteiger partial charge in [0.15, 0.2) is 0 Å². The lowest BCUT2D eigenvalue weighted by atomic mass is 10.3. The maximum absolute atomic E-state index is 12.3. The van der Waals surface area contributed by atoms with Crippen LogP contribution in [0.2, 0.25) is 0 Å². The number of esters is 1. The second kappa shape index (κ2) is 11.9. The van der Waals surface area contributed by atoms with Gasteiger partial charge in [0.2, 0.25) is 10.0 Å². The highest BCUT2D eigenvalue weighted by Crippen LogP contribution is 2.06. The third-order valence-corrected chi connectivity index (χ3v) is 4.74. The van der Waals surface area contributed by atoms with E-state index in [9.17, 15) is 13.2 Å². The molecule has 0 aliphatic heterocycles. The molecule has 0 aliphatic carbocycles. The summed E-state index contributed by atoms with van der Waals surface area (Å²) in [5.74, 6) is -0.485. The summed E-state index contributed by atoms with van der Waals surface area (Å²) in [6.07, 6.45) is 0.343. The SMILES string of the molecule is CCOCCN(CCOCC)S(=O)(=O)CCCC(=O)OC. The summed E-state index contributed by atoms with van der Waals surface area (Å²) < 4.78 is 40.8. The molecule has 0 bridgehead atoms. The summed E-state index contributed by atoms with van der Waals surface area (Å²) in [6.45, 7) is 6.08. The maximum atomic E-state index is 12.3. The summed E-state index contributed by atoms with van der Waals surface area (Å²) >= 11 is 0. The summed E-state index contributed by atoms with van der Waals surface area (Å²) in [7, 11) is -2.14. The molecule has 0 unspecified atom stereocenters. The summed E-state index contributed by atoms with van der Waals surface area (Å²) in [5.41, 5.74) is 0. The number of carbonyl (C=O) groups is 1. The predicted molar refractivity (Wildman–Crippen MR) is 79.6 cm³/mol. The van der Waals surface area contributed by atoms with Crippen LogP contribution in [0.1, 0.15) is 26.7 Å². The fraction of sp³-hybridized carbons (Fsp3) is 0.923. The summed E-state index contributed by atoms with van der Waals surface area (Å²) in [4.78, 5) is 11.0. The average Bonchev–Trinajstić information content (AvgIpc) is 2.45. The molecule has 7 nitrogen and oxygen atoms in total. The molecule has 0 N–H and O–H groups in total. The van der Waals surface area contributed by atoms with Crippen molar-refractivity contribution in [1.82, 2.24) is 4.31 Å². The minimum atomic E-state index is -3.42. The van der Waals surface area contributed by atoms with Crippen LogP contribution < -0.4 is 0 Å². The number of hydrogen-bond donors (Lipinski definition) is 0. The van der Waals surface area contributed by atoms with E-state index in [0.717, 1.165) is 0 Å². The van der Waals surface area contributed by atoms with E-state index in [1.807, 2.05) is 13.8 Å². The van der Waals surface area contributed by atoms with E-state index in [-0.39, 0.29) is 18.6 Å². The molecule has 0 fully saturated rings. The van der Waals surface area contributed by atoms with Gasteiger partial charge in [0.25, 0.3) is 0 Å². The van der Waals surface area contributed by atoms with Crippen molar-refractivity contribution in [1.29, 1.82) is 0 Å². The Hall–Kier alpha value is -0.700. The molecule has 0 amide bonds. The smallest absolute Gasteiger partial charge is 0.305 e. The molecule has 0 aromatic heterocycles. The Labute approximate surface area is 127 Å². The highest BCUT2D eigenvalue weighted by Gasteiger charge is 2.21. The fourth-order valence-electron chi connectivity index (χ4n) is 1.64. The van der Waals surface area contributed by atoms with E-state index < -0.39 is 16.0 Å². The van der Waals surface area contributed by atoms with Crippen molar-refractivity contribution >= 4 is 16.0 Å². The number of methoxy groups -OCH3 is 1. The van der Waals surface area contributed by atoms with Crippen LogP contribution in [0.4, 0.5) is 0 Å². The molecule has 0 aliphatic rings. The van der Waals surface area contributed by atoms with Gasteiger partial charge in [0, 0.05) is 32.7 Å². The Morgan fingerprint density at radius 3 is 2.00 bits per heavy atom. The predicted octanol–water partition coefficient (Wildman–Crippen LogP) is 0.644.